The third kappa shape index (κ3) is 1.61. The number of para-hydroxylation sites is 1. The molecule has 1 fully saturated rings. The molecule has 0 saturated heterocycles. The van der Waals surface area contributed by atoms with Gasteiger partial charge in [-0.25, -0.2) is 4.68 Å². The molecule has 0 atom stereocenters. The Hall–Kier alpha value is -1.09. The first-order valence-electron chi connectivity index (χ1n) is 5.15. The minimum atomic E-state index is 0.696. The molecule has 1 aliphatic rings. The summed E-state index contributed by atoms with van der Waals surface area (Å²) in [5, 5.41) is 4.42. The number of hydrogen-bond donors (Lipinski definition) is 0. The Kier molecular flexibility index (Phi) is 2.13. The Morgan fingerprint density at radius 3 is 2.60 bits per heavy atom. The molecule has 1 aliphatic carbocycles. The molecule has 3 rings (SSSR count). The second-order valence-corrected chi connectivity index (χ2v) is 4.75. The van der Waals surface area contributed by atoms with Crippen molar-refractivity contribution in [2.45, 2.75) is 18.8 Å². The number of benzene rings is 1. The van der Waals surface area contributed by atoms with Gasteiger partial charge in [0.2, 0.25) is 0 Å². The highest BCUT2D eigenvalue weighted by Crippen LogP contribution is 2.43. The maximum absolute atomic E-state index is 4.42. The van der Waals surface area contributed by atoms with E-state index in [0.717, 1.165) is 10.2 Å². The Bertz CT molecular complexity index is 472. The van der Waals surface area contributed by atoms with E-state index >= 15 is 0 Å². The van der Waals surface area contributed by atoms with E-state index in [1.165, 1.54) is 18.5 Å². The van der Waals surface area contributed by atoms with E-state index in [0.29, 0.717) is 5.92 Å². The van der Waals surface area contributed by atoms with Gasteiger partial charge in [-0.05, 0) is 40.9 Å². The molecular formula is C12H11BrN2. The predicted molar refractivity (Wildman–Crippen MR) is 63.2 cm³/mol. The Morgan fingerprint density at radius 2 is 1.93 bits per heavy atom. The van der Waals surface area contributed by atoms with Crippen molar-refractivity contribution in [3.63, 3.8) is 0 Å². The number of rotatable bonds is 2. The maximum Gasteiger partial charge on any atom is 0.0649 e. The smallest absolute Gasteiger partial charge is 0.0649 e. The van der Waals surface area contributed by atoms with Crippen LogP contribution in [-0.4, -0.2) is 9.78 Å². The van der Waals surface area contributed by atoms with Gasteiger partial charge in [-0.1, -0.05) is 18.2 Å². The summed E-state index contributed by atoms with van der Waals surface area (Å²) in [6.45, 7) is 0. The average Bonchev–Trinajstić information content (AvgIpc) is 3.03. The minimum absolute atomic E-state index is 0.696. The first-order valence-corrected chi connectivity index (χ1v) is 5.94. The van der Waals surface area contributed by atoms with E-state index in [4.69, 9.17) is 0 Å². The zero-order valence-corrected chi connectivity index (χ0v) is 9.81. The number of aromatic nitrogens is 2. The lowest BCUT2D eigenvalue weighted by Crippen LogP contribution is -2.00. The summed E-state index contributed by atoms with van der Waals surface area (Å²) in [6, 6.07) is 10.3. The summed E-state index contributed by atoms with van der Waals surface area (Å²) in [5.41, 5.74) is 2.46. The van der Waals surface area contributed by atoms with Crippen molar-refractivity contribution in [2.24, 2.45) is 0 Å². The quantitative estimate of drug-likeness (QED) is 0.810. The van der Waals surface area contributed by atoms with E-state index in [1.807, 2.05) is 29.1 Å². The lowest BCUT2D eigenvalue weighted by atomic mass is 10.2. The van der Waals surface area contributed by atoms with Crippen LogP contribution in [0.4, 0.5) is 0 Å². The van der Waals surface area contributed by atoms with E-state index in [9.17, 15) is 0 Å². The molecule has 0 aliphatic heterocycles. The molecule has 0 unspecified atom stereocenters. The molecule has 0 spiro atoms. The molecule has 0 N–H and O–H groups in total. The summed E-state index contributed by atoms with van der Waals surface area (Å²) in [5.74, 6) is 0.696. The Labute approximate surface area is 97.1 Å². The third-order valence-electron chi connectivity index (χ3n) is 2.72. The van der Waals surface area contributed by atoms with Crippen LogP contribution < -0.4 is 0 Å². The van der Waals surface area contributed by atoms with E-state index in [1.54, 1.807) is 0 Å². The maximum atomic E-state index is 4.42. The van der Waals surface area contributed by atoms with Crippen LogP contribution in [0.15, 0.2) is 41.0 Å². The molecule has 1 heterocycles. The molecule has 2 aromatic rings. The van der Waals surface area contributed by atoms with Crippen LogP contribution in [0.1, 0.15) is 24.5 Å². The monoisotopic (exact) mass is 262 g/mol. The predicted octanol–water partition coefficient (Wildman–Crippen LogP) is 3.51. The third-order valence-corrected chi connectivity index (χ3v) is 3.34. The summed E-state index contributed by atoms with van der Waals surface area (Å²) < 4.78 is 3.18. The molecule has 2 nitrogen and oxygen atoms in total. The van der Waals surface area contributed by atoms with Gasteiger partial charge in [0.25, 0.3) is 0 Å². The van der Waals surface area contributed by atoms with Crippen LogP contribution in [0.2, 0.25) is 0 Å². The van der Waals surface area contributed by atoms with Crippen LogP contribution in [0.3, 0.4) is 0 Å². The molecule has 1 aromatic heterocycles. The second kappa shape index (κ2) is 3.49. The highest BCUT2D eigenvalue weighted by atomic mass is 79.9. The minimum Gasteiger partial charge on any atom is -0.236 e. The molecule has 3 heteroatoms. The van der Waals surface area contributed by atoms with Crippen molar-refractivity contribution in [3.05, 3.63) is 46.7 Å². The molecule has 76 valence electrons. The molecule has 0 amide bonds. The van der Waals surface area contributed by atoms with Crippen LogP contribution in [0.5, 0.6) is 0 Å². The van der Waals surface area contributed by atoms with Gasteiger partial charge in [-0.3, -0.25) is 0 Å². The van der Waals surface area contributed by atoms with Crippen molar-refractivity contribution < 1.29 is 0 Å². The fraction of sp³-hybridized carbons (Fsp3) is 0.250. The van der Waals surface area contributed by atoms with Crippen LogP contribution in [-0.2, 0) is 0 Å². The molecular weight excluding hydrogens is 252 g/mol. The largest absolute Gasteiger partial charge is 0.236 e. The van der Waals surface area contributed by atoms with Crippen LogP contribution in [0.25, 0.3) is 5.69 Å². The van der Waals surface area contributed by atoms with Crippen molar-refractivity contribution in [2.75, 3.05) is 0 Å². The fourth-order valence-electron chi connectivity index (χ4n) is 1.84. The number of hydrogen-bond acceptors (Lipinski definition) is 1. The van der Waals surface area contributed by atoms with Gasteiger partial charge in [0.15, 0.2) is 0 Å². The van der Waals surface area contributed by atoms with Gasteiger partial charge in [-0.2, -0.15) is 5.10 Å². The normalized spacial score (nSPS) is 15.5. The van der Waals surface area contributed by atoms with Crippen LogP contribution in [0, 0.1) is 0 Å². The highest BCUT2D eigenvalue weighted by Gasteiger charge is 2.29. The number of nitrogens with zero attached hydrogens (tertiary/aromatic N) is 2. The fourth-order valence-corrected chi connectivity index (χ4v) is 2.42. The highest BCUT2D eigenvalue weighted by molar-refractivity contribution is 9.10. The SMILES string of the molecule is Brc1cnn(-c2ccccc2)c1C1CC1. The first-order chi connectivity index (χ1) is 7.36. The molecule has 0 radical (unpaired) electrons. The van der Waals surface area contributed by atoms with Gasteiger partial charge in [0.1, 0.15) is 0 Å². The van der Waals surface area contributed by atoms with Crippen molar-refractivity contribution in [3.8, 4) is 5.69 Å². The second-order valence-electron chi connectivity index (χ2n) is 3.90. The van der Waals surface area contributed by atoms with E-state index in [-0.39, 0.29) is 0 Å². The van der Waals surface area contributed by atoms with Gasteiger partial charge in [0, 0.05) is 5.92 Å². The van der Waals surface area contributed by atoms with Crippen molar-refractivity contribution >= 4 is 15.9 Å². The number of halogens is 1. The Balaban J connectivity index is 2.12. The first kappa shape index (κ1) is 9.16. The van der Waals surface area contributed by atoms with E-state index in [2.05, 4.69) is 33.2 Å². The molecule has 0 bridgehead atoms. The summed E-state index contributed by atoms with van der Waals surface area (Å²) in [6.07, 6.45) is 4.47. The average molecular weight is 263 g/mol. The summed E-state index contributed by atoms with van der Waals surface area (Å²) in [7, 11) is 0. The molecule has 1 saturated carbocycles. The molecule has 1 aromatic carbocycles. The van der Waals surface area contributed by atoms with E-state index < -0.39 is 0 Å². The zero-order chi connectivity index (χ0) is 10.3. The Morgan fingerprint density at radius 1 is 1.20 bits per heavy atom. The van der Waals surface area contributed by atoms with Gasteiger partial charge in [-0.15, -0.1) is 0 Å². The molecule has 15 heavy (non-hydrogen) atoms. The van der Waals surface area contributed by atoms with Gasteiger partial charge >= 0.3 is 0 Å². The topological polar surface area (TPSA) is 17.8 Å². The summed E-state index contributed by atoms with van der Waals surface area (Å²) in [4.78, 5) is 0. The van der Waals surface area contributed by atoms with Gasteiger partial charge < -0.3 is 0 Å². The van der Waals surface area contributed by atoms with Crippen molar-refractivity contribution in [1.29, 1.82) is 0 Å². The standard InChI is InChI=1S/C12H11BrN2/c13-11-8-14-15(12(11)9-6-7-9)10-4-2-1-3-5-10/h1-5,8-9H,6-7H2. The lowest BCUT2D eigenvalue weighted by molar-refractivity contribution is 0.806. The van der Waals surface area contributed by atoms with Crippen molar-refractivity contribution in [1.82, 2.24) is 9.78 Å². The zero-order valence-electron chi connectivity index (χ0n) is 8.23. The van der Waals surface area contributed by atoms with Gasteiger partial charge in [0.05, 0.1) is 22.1 Å². The van der Waals surface area contributed by atoms with Crippen LogP contribution >= 0.6 is 15.9 Å². The summed E-state index contributed by atoms with van der Waals surface area (Å²) >= 11 is 3.57. The lowest BCUT2D eigenvalue weighted by Gasteiger charge is -2.06.